The Bertz CT molecular complexity index is 777. The predicted molar refractivity (Wildman–Crippen MR) is 138 cm³/mol. The molecule has 0 aromatic carbocycles. The molecule has 0 aromatic heterocycles. The van der Waals surface area contributed by atoms with Crippen molar-refractivity contribution < 1.29 is 28.9 Å². The predicted octanol–water partition coefficient (Wildman–Crippen LogP) is 5.97. The summed E-state index contributed by atoms with van der Waals surface area (Å²) in [5.41, 5.74) is 0.714. The maximum Gasteiger partial charge on any atom is 0.313 e. The van der Waals surface area contributed by atoms with Gasteiger partial charge in [-0.2, -0.15) is 0 Å². The van der Waals surface area contributed by atoms with Crippen LogP contribution in [0.4, 0.5) is 0 Å². The first kappa shape index (κ1) is 27.9. The van der Waals surface area contributed by atoms with E-state index in [1.165, 1.54) is 38.5 Å². The van der Waals surface area contributed by atoms with Crippen LogP contribution in [-0.2, 0) is 23.8 Å². The number of carbonyl (C=O) groups is 2. The van der Waals surface area contributed by atoms with Crippen molar-refractivity contribution in [3.8, 4) is 0 Å². The number of hydrogen-bond donors (Lipinski definition) is 1. The molecule has 0 radical (unpaired) electrons. The first-order valence-electron chi connectivity index (χ1n) is 14.5. The van der Waals surface area contributed by atoms with Gasteiger partial charge >= 0.3 is 11.9 Å². The lowest BCUT2D eigenvalue weighted by Gasteiger charge is -2.61. The fourth-order valence-corrected chi connectivity index (χ4v) is 9.70. The zero-order valence-corrected chi connectivity index (χ0v) is 23.3. The van der Waals surface area contributed by atoms with Gasteiger partial charge in [0.25, 0.3) is 0 Å². The number of methoxy groups -OCH3 is 2. The molecular formula is C30H50O6. The van der Waals surface area contributed by atoms with Gasteiger partial charge in [-0.05, 0) is 111 Å². The molecule has 0 aromatic rings. The molecule has 4 rings (SSSR count). The molecule has 0 spiro atoms. The second-order valence-electron chi connectivity index (χ2n) is 13.2. The van der Waals surface area contributed by atoms with Crippen LogP contribution in [0, 0.1) is 52.3 Å². The molecule has 3 unspecified atom stereocenters. The minimum atomic E-state index is -0.661. The molecular weight excluding hydrogens is 456 g/mol. The van der Waals surface area contributed by atoms with Crippen LogP contribution in [0.5, 0.6) is 0 Å². The lowest BCUT2D eigenvalue weighted by atomic mass is 9.44. The standard InChI is InChI=1S/C30H50O6/c1-19(6-11-27(31)32)24-9-10-25-23-8-7-21-16-22(36-28(33)20(17-34-4)18-35-5)12-14-29(21,2)26(23)13-15-30(24,25)3/h19-26H,6-18H2,1-5H3,(H,31,32)/t19-,21-,22+,23+,24?,25?,26?,29+,30-/m1/s1. The molecule has 0 aliphatic heterocycles. The minimum Gasteiger partial charge on any atom is -0.481 e. The Labute approximate surface area is 218 Å². The number of carboxylic acid groups (broad SMARTS) is 1. The number of aliphatic carboxylic acids is 1. The van der Waals surface area contributed by atoms with Gasteiger partial charge in [0, 0.05) is 20.6 Å². The third kappa shape index (κ3) is 5.23. The van der Waals surface area contributed by atoms with E-state index >= 15 is 0 Å². The molecule has 6 nitrogen and oxygen atoms in total. The van der Waals surface area contributed by atoms with Gasteiger partial charge in [0.15, 0.2) is 0 Å². The SMILES string of the molecule is COCC(COC)C(=O)O[C@H]1CC[C@]2(C)C3CC[C@@]4(C)C(CCC4[C@H](C)CCC(=O)O)[C@@H]3CC[C@@H]2C1. The van der Waals surface area contributed by atoms with E-state index in [-0.39, 0.29) is 18.0 Å². The van der Waals surface area contributed by atoms with Gasteiger partial charge in [0.05, 0.1) is 13.2 Å². The topological polar surface area (TPSA) is 82.1 Å². The maximum absolute atomic E-state index is 12.8. The summed E-state index contributed by atoms with van der Waals surface area (Å²) in [6.07, 6.45) is 12.0. The third-order valence-electron chi connectivity index (χ3n) is 11.5. The van der Waals surface area contributed by atoms with E-state index in [0.717, 1.165) is 43.4 Å². The minimum absolute atomic E-state index is 0.0168. The van der Waals surface area contributed by atoms with E-state index in [0.29, 0.717) is 48.2 Å². The van der Waals surface area contributed by atoms with E-state index in [2.05, 4.69) is 20.8 Å². The quantitative estimate of drug-likeness (QED) is 0.368. The average Bonchev–Trinajstić information content (AvgIpc) is 3.20. The van der Waals surface area contributed by atoms with Crippen LogP contribution in [0.1, 0.15) is 91.4 Å². The Hall–Kier alpha value is -1.14. The Morgan fingerprint density at radius 2 is 1.58 bits per heavy atom. The van der Waals surface area contributed by atoms with E-state index in [1.807, 2.05) is 0 Å². The summed E-state index contributed by atoms with van der Waals surface area (Å²) in [5.74, 6) is 2.94. The molecule has 0 bridgehead atoms. The van der Waals surface area contributed by atoms with Crippen molar-refractivity contribution in [3.05, 3.63) is 0 Å². The largest absolute Gasteiger partial charge is 0.481 e. The van der Waals surface area contributed by atoms with Crippen molar-refractivity contribution in [1.29, 1.82) is 0 Å². The molecule has 0 amide bonds. The first-order chi connectivity index (χ1) is 17.1. The summed E-state index contributed by atoms with van der Waals surface area (Å²) < 4.78 is 16.4. The van der Waals surface area contributed by atoms with Crippen molar-refractivity contribution in [2.45, 2.75) is 97.5 Å². The molecule has 4 saturated carbocycles. The van der Waals surface area contributed by atoms with E-state index in [9.17, 15) is 14.7 Å². The molecule has 36 heavy (non-hydrogen) atoms. The number of ether oxygens (including phenoxy) is 3. The number of carbonyl (C=O) groups excluding carboxylic acids is 1. The summed E-state index contributed by atoms with van der Waals surface area (Å²) in [4.78, 5) is 23.9. The second-order valence-corrected chi connectivity index (χ2v) is 13.2. The van der Waals surface area contributed by atoms with Crippen molar-refractivity contribution >= 4 is 11.9 Å². The van der Waals surface area contributed by atoms with Crippen LogP contribution in [0.2, 0.25) is 0 Å². The third-order valence-corrected chi connectivity index (χ3v) is 11.5. The first-order valence-corrected chi connectivity index (χ1v) is 14.5. The Kier molecular flexibility index (Phi) is 8.76. The number of esters is 1. The molecule has 4 aliphatic carbocycles. The van der Waals surface area contributed by atoms with Gasteiger partial charge in [-0.1, -0.05) is 20.8 Å². The molecule has 4 fully saturated rings. The van der Waals surface area contributed by atoms with Crippen LogP contribution in [-0.4, -0.2) is 50.6 Å². The molecule has 206 valence electrons. The van der Waals surface area contributed by atoms with Crippen LogP contribution in [0.25, 0.3) is 0 Å². The number of carboxylic acids is 1. The van der Waals surface area contributed by atoms with Crippen LogP contribution >= 0.6 is 0 Å². The lowest BCUT2D eigenvalue weighted by molar-refractivity contribution is -0.170. The molecule has 6 heteroatoms. The Morgan fingerprint density at radius 3 is 2.25 bits per heavy atom. The molecule has 1 N–H and O–H groups in total. The molecule has 9 atom stereocenters. The van der Waals surface area contributed by atoms with Gasteiger partial charge < -0.3 is 19.3 Å². The summed E-state index contributed by atoms with van der Waals surface area (Å²) in [6, 6.07) is 0. The molecule has 0 heterocycles. The maximum atomic E-state index is 12.8. The zero-order valence-electron chi connectivity index (χ0n) is 23.3. The highest BCUT2D eigenvalue weighted by Gasteiger charge is 2.60. The van der Waals surface area contributed by atoms with E-state index in [4.69, 9.17) is 14.2 Å². The summed E-state index contributed by atoms with van der Waals surface area (Å²) in [6.45, 7) is 8.07. The van der Waals surface area contributed by atoms with Crippen molar-refractivity contribution in [1.82, 2.24) is 0 Å². The van der Waals surface area contributed by atoms with Gasteiger partial charge in [-0.3, -0.25) is 9.59 Å². The molecule has 0 saturated heterocycles. The second kappa shape index (κ2) is 11.3. The highest BCUT2D eigenvalue weighted by Crippen LogP contribution is 2.68. The summed E-state index contributed by atoms with van der Waals surface area (Å²) >= 11 is 0. The van der Waals surface area contributed by atoms with Gasteiger partial charge in [0.2, 0.25) is 0 Å². The zero-order chi connectivity index (χ0) is 26.1. The summed E-state index contributed by atoms with van der Waals surface area (Å²) in [5, 5.41) is 9.20. The monoisotopic (exact) mass is 506 g/mol. The Morgan fingerprint density at radius 1 is 0.917 bits per heavy atom. The van der Waals surface area contributed by atoms with Crippen LogP contribution < -0.4 is 0 Å². The van der Waals surface area contributed by atoms with Crippen molar-refractivity contribution in [2.75, 3.05) is 27.4 Å². The van der Waals surface area contributed by atoms with Gasteiger partial charge in [0.1, 0.15) is 12.0 Å². The van der Waals surface area contributed by atoms with Crippen molar-refractivity contribution in [3.63, 3.8) is 0 Å². The number of hydrogen-bond acceptors (Lipinski definition) is 5. The highest BCUT2D eigenvalue weighted by atomic mass is 16.6. The summed E-state index contributed by atoms with van der Waals surface area (Å²) in [7, 11) is 3.22. The van der Waals surface area contributed by atoms with E-state index in [1.54, 1.807) is 14.2 Å². The van der Waals surface area contributed by atoms with Crippen LogP contribution in [0.3, 0.4) is 0 Å². The lowest BCUT2D eigenvalue weighted by Crippen LogP contribution is -2.54. The van der Waals surface area contributed by atoms with Gasteiger partial charge in [-0.15, -0.1) is 0 Å². The van der Waals surface area contributed by atoms with E-state index < -0.39 is 5.97 Å². The smallest absolute Gasteiger partial charge is 0.313 e. The number of fused-ring (bicyclic) bond motifs is 5. The van der Waals surface area contributed by atoms with Crippen molar-refractivity contribution in [2.24, 2.45) is 52.3 Å². The average molecular weight is 507 g/mol. The Balaban J connectivity index is 1.39. The molecule has 4 aliphatic rings. The highest BCUT2D eigenvalue weighted by molar-refractivity contribution is 5.73. The van der Waals surface area contributed by atoms with Gasteiger partial charge in [-0.25, -0.2) is 0 Å². The van der Waals surface area contributed by atoms with Crippen LogP contribution in [0.15, 0.2) is 0 Å². The normalized spacial score (nSPS) is 40.7. The fraction of sp³-hybridized carbons (Fsp3) is 0.933. The fourth-order valence-electron chi connectivity index (χ4n) is 9.70. The number of rotatable bonds is 10.